The van der Waals surface area contributed by atoms with Crippen molar-refractivity contribution in [2.45, 2.75) is 6.42 Å². The van der Waals surface area contributed by atoms with Crippen molar-refractivity contribution in [3.8, 4) is 5.75 Å². The van der Waals surface area contributed by atoms with Gasteiger partial charge in [0.15, 0.2) is 0 Å². The summed E-state index contributed by atoms with van der Waals surface area (Å²) < 4.78 is 9.97. The second-order valence-corrected chi connectivity index (χ2v) is 3.50. The van der Waals surface area contributed by atoms with Crippen LogP contribution in [0.4, 0.5) is 0 Å². The van der Waals surface area contributed by atoms with Crippen LogP contribution in [0.3, 0.4) is 0 Å². The minimum Gasteiger partial charge on any atom is -0.550 e. The van der Waals surface area contributed by atoms with Gasteiger partial charge >= 0.3 is 5.63 Å². The Balaban J connectivity index is 2.67. The number of carboxylic acid groups (broad SMARTS) is 1. The van der Waals surface area contributed by atoms with E-state index in [2.05, 4.69) is 0 Å². The Bertz CT molecular complexity index is 626. The molecule has 0 N–H and O–H groups in total. The molecule has 5 heteroatoms. The molecule has 0 atom stereocenters. The molecule has 0 fully saturated rings. The molecule has 0 amide bonds. The highest BCUT2D eigenvalue weighted by molar-refractivity contribution is 5.85. The zero-order valence-corrected chi connectivity index (χ0v) is 9.06. The highest BCUT2D eigenvalue weighted by Crippen LogP contribution is 2.22. The Kier molecular flexibility index (Phi) is 2.82. The summed E-state index contributed by atoms with van der Waals surface area (Å²) in [6, 6.07) is 6.01. The summed E-state index contributed by atoms with van der Waals surface area (Å²) in [5.41, 5.74) is 0.0778. The number of benzene rings is 1. The number of hydrogen-bond acceptors (Lipinski definition) is 5. The summed E-state index contributed by atoms with van der Waals surface area (Å²) in [7, 11) is 1.49. The highest BCUT2D eigenvalue weighted by atomic mass is 16.5. The number of carbonyl (C=O) groups excluding carboxylic acids is 1. The molecule has 88 valence electrons. The topological polar surface area (TPSA) is 79.6 Å². The highest BCUT2D eigenvalue weighted by Gasteiger charge is 2.07. The molecule has 0 aliphatic rings. The summed E-state index contributed by atoms with van der Waals surface area (Å²) in [6.45, 7) is 0. The van der Waals surface area contributed by atoms with E-state index in [1.165, 1.54) is 13.2 Å². The van der Waals surface area contributed by atoms with Crippen LogP contribution >= 0.6 is 0 Å². The van der Waals surface area contributed by atoms with Gasteiger partial charge in [-0.3, -0.25) is 0 Å². The molecule has 1 heterocycles. The molecule has 0 radical (unpaired) electrons. The average molecular weight is 233 g/mol. The second-order valence-electron chi connectivity index (χ2n) is 3.50. The predicted molar refractivity (Wildman–Crippen MR) is 57.7 cm³/mol. The fourth-order valence-corrected chi connectivity index (χ4v) is 1.64. The van der Waals surface area contributed by atoms with Crippen molar-refractivity contribution in [1.29, 1.82) is 0 Å². The maximum Gasteiger partial charge on any atom is 0.336 e. The van der Waals surface area contributed by atoms with Crippen LogP contribution in [0, 0.1) is 0 Å². The molecule has 0 unspecified atom stereocenters. The second kappa shape index (κ2) is 4.29. The Hall–Kier alpha value is -2.30. The molecule has 0 bridgehead atoms. The van der Waals surface area contributed by atoms with Crippen molar-refractivity contribution in [2.75, 3.05) is 7.11 Å². The van der Waals surface area contributed by atoms with E-state index in [1.807, 2.05) is 0 Å². The summed E-state index contributed by atoms with van der Waals surface area (Å²) in [5.74, 6) is -0.709. The van der Waals surface area contributed by atoms with Crippen LogP contribution in [0.2, 0.25) is 0 Å². The van der Waals surface area contributed by atoms with Gasteiger partial charge in [-0.05, 0) is 17.7 Å². The van der Waals surface area contributed by atoms with E-state index < -0.39 is 11.6 Å². The van der Waals surface area contributed by atoms with Gasteiger partial charge in [-0.15, -0.1) is 0 Å². The molecule has 0 aliphatic heterocycles. The van der Waals surface area contributed by atoms with Gasteiger partial charge in [-0.2, -0.15) is 0 Å². The van der Waals surface area contributed by atoms with Gasteiger partial charge in [0, 0.05) is 29.9 Å². The lowest BCUT2D eigenvalue weighted by Gasteiger charge is -2.07. The molecule has 0 aliphatic carbocycles. The Labute approximate surface area is 96.2 Å². The average Bonchev–Trinajstić information content (AvgIpc) is 2.27. The first-order chi connectivity index (χ1) is 8.10. The van der Waals surface area contributed by atoms with Crippen molar-refractivity contribution in [3.63, 3.8) is 0 Å². The Morgan fingerprint density at radius 2 is 2.18 bits per heavy atom. The molecule has 2 rings (SSSR count). The lowest BCUT2D eigenvalue weighted by Crippen LogP contribution is -2.25. The van der Waals surface area contributed by atoms with Crippen molar-refractivity contribution in [3.05, 3.63) is 40.2 Å². The molecule has 2 aromatic rings. The van der Waals surface area contributed by atoms with Crippen LogP contribution in [0.25, 0.3) is 11.0 Å². The smallest absolute Gasteiger partial charge is 0.336 e. The third kappa shape index (κ3) is 2.28. The van der Waals surface area contributed by atoms with Crippen LogP contribution in [-0.4, -0.2) is 13.1 Å². The molecule has 1 aromatic carbocycles. The zero-order chi connectivity index (χ0) is 12.4. The molecular formula is C12H9O5-. The maximum atomic E-state index is 11.3. The standard InChI is InChI=1S/C12H10O5/c1-16-8-2-3-9-7(4-11(13)14)5-12(15)17-10(9)6-8/h2-3,5-6H,4H2,1H3,(H,13,14)/p-1. The van der Waals surface area contributed by atoms with E-state index in [-0.39, 0.29) is 6.42 Å². The SMILES string of the molecule is COc1ccc2c(CC(=O)[O-])cc(=O)oc2c1. The summed E-state index contributed by atoms with van der Waals surface area (Å²) in [4.78, 5) is 21.8. The van der Waals surface area contributed by atoms with E-state index in [0.29, 0.717) is 22.3 Å². The van der Waals surface area contributed by atoms with Crippen molar-refractivity contribution < 1.29 is 19.1 Å². The van der Waals surface area contributed by atoms with Crippen LogP contribution < -0.4 is 15.5 Å². The third-order valence-corrected chi connectivity index (χ3v) is 2.37. The van der Waals surface area contributed by atoms with Gasteiger partial charge in [-0.1, -0.05) is 0 Å². The molecule has 0 saturated carbocycles. The number of hydrogen-bond donors (Lipinski definition) is 0. The molecule has 0 saturated heterocycles. The molecule has 5 nitrogen and oxygen atoms in total. The molecule has 0 spiro atoms. The van der Waals surface area contributed by atoms with Gasteiger partial charge in [0.25, 0.3) is 0 Å². The van der Waals surface area contributed by atoms with Gasteiger partial charge in [0.1, 0.15) is 11.3 Å². The van der Waals surface area contributed by atoms with Crippen molar-refractivity contribution in [1.82, 2.24) is 0 Å². The maximum absolute atomic E-state index is 11.3. The van der Waals surface area contributed by atoms with Gasteiger partial charge in [-0.25, -0.2) is 4.79 Å². The van der Waals surface area contributed by atoms with E-state index >= 15 is 0 Å². The molecule has 1 aromatic heterocycles. The van der Waals surface area contributed by atoms with Crippen molar-refractivity contribution >= 4 is 16.9 Å². The number of carbonyl (C=O) groups is 1. The van der Waals surface area contributed by atoms with Crippen LogP contribution in [0.5, 0.6) is 5.75 Å². The quantitative estimate of drug-likeness (QED) is 0.702. The normalized spacial score (nSPS) is 10.4. The lowest BCUT2D eigenvalue weighted by atomic mass is 10.1. The number of methoxy groups -OCH3 is 1. The van der Waals surface area contributed by atoms with Gasteiger partial charge < -0.3 is 19.1 Å². The third-order valence-electron chi connectivity index (χ3n) is 2.37. The van der Waals surface area contributed by atoms with E-state index in [4.69, 9.17) is 9.15 Å². The molecule has 17 heavy (non-hydrogen) atoms. The van der Waals surface area contributed by atoms with Crippen LogP contribution in [0.15, 0.2) is 33.5 Å². The van der Waals surface area contributed by atoms with E-state index in [0.717, 1.165) is 6.07 Å². The van der Waals surface area contributed by atoms with E-state index in [9.17, 15) is 14.7 Å². The van der Waals surface area contributed by atoms with E-state index in [1.54, 1.807) is 12.1 Å². The Morgan fingerprint density at radius 1 is 1.41 bits per heavy atom. The minimum atomic E-state index is -1.24. The number of carboxylic acids is 1. The first-order valence-corrected chi connectivity index (χ1v) is 4.91. The first kappa shape index (κ1) is 11.2. The lowest BCUT2D eigenvalue weighted by molar-refractivity contribution is -0.304. The largest absolute Gasteiger partial charge is 0.550 e. The predicted octanol–water partition coefficient (Wildman–Crippen LogP) is 0.0940. The number of ether oxygens (including phenoxy) is 1. The number of rotatable bonds is 3. The first-order valence-electron chi connectivity index (χ1n) is 4.91. The Morgan fingerprint density at radius 3 is 2.82 bits per heavy atom. The van der Waals surface area contributed by atoms with Crippen molar-refractivity contribution in [2.24, 2.45) is 0 Å². The summed E-state index contributed by atoms with van der Waals surface area (Å²) in [5, 5.41) is 11.1. The number of aliphatic carboxylic acids is 1. The monoisotopic (exact) mass is 233 g/mol. The van der Waals surface area contributed by atoms with Gasteiger partial charge in [0.2, 0.25) is 0 Å². The number of fused-ring (bicyclic) bond motifs is 1. The van der Waals surface area contributed by atoms with Gasteiger partial charge in [0.05, 0.1) is 7.11 Å². The molecular weight excluding hydrogens is 224 g/mol. The fraction of sp³-hybridized carbons (Fsp3) is 0.167. The van der Waals surface area contributed by atoms with Crippen LogP contribution in [-0.2, 0) is 11.2 Å². The fourth-order valence-electron chi connectivity index (χ4n) is 1.64. The van der Waals surface area contributed by atoms with Crippen LogP contribution in [0.1, 0.15) is 5.56 Å². The zero-order valence-electron chi connectivity index (χ0n) is 9.06. The summed E-state index contributed by atoms with van der Waals surface area (Å²) in [6.07, 6.45) is -0.325. The summed E-state index contributed by atoms with van der Waals surface area (Å²) >= 11 is 0. The minimum absolute atomic E-state index is 0.299.